The Balaban J connectivity index is 2.28. The molecule has 0 spiro atoms. The SMILES string of the molecule is Cc1cc(C#CCO)cc(C(=O)N2CCSC(C)C2C)c1. The summed E-state index contributed by atoms with van der Waals surface area (Å²) in [5.74, 6) is 6.57. The van der Waals surface area contributed by atoms with Gasteiger partial charge < -0.3 is 10.0 Å². The van der Waals surface area contributed by atoms with Gasteiger partial charge in [-0.2, -0.15) is 11.8 Å². The van der Waals surface area contributed by atoms with Gasteiger partial charge in [-0.1, -0.05) is 18.8 Å². The average molecular weight is 303 g/mol. The van der Waals surface area contributed by atoms with Crippen LogP contribution in [0.2, 0.25) is 0 Å². The second-order valence-corrected chi connectivity index (χ2v) is 6.85. The molecule has 2 rings (SSSR count). The number of hydrogen-bond donors (Lipinski definition) is 1. The highest BCUT2D eigenvalue weighted by molar-refractivity contribution is 8.00. The fourth-order valence-electron chi connectivity index (χ4n) is 2.51. The number of aryl methyl sites for hydroxylation is 1. The molecule has 0 saturated carbocycles. The van der Waals surface area contributed by atoms with Gasteiger partial charge in [-0.15, -0.1) is 0 Å². The van der Waals surface area contributed by atoms with E-state index in [4.69, 9.17) is 5.11 Å². The Morgan fingerprint density at radius 1 is 1.43 bits per heavy atom. The van der Waals surface area contributed by atoms with Gasteiger partial charge in [0.05, 0.1) is 0 Å². The summed E-state index contributed by atoms with van der Waals surface area (Å²) >= 11 is 1.92. The molecule has 1 fully saturated rings. The van der Waals surface area contributed by atoms with Crippen LogP contribution in [0.4, 0.5) is 0 Å². The third-order valence-corrected chi connectivity index (χ3v) is 5.12. The summed E-state index contributed by atoms with van der Waals surface area (Å²) in [5, 5.41) is 9.25. The number of amides is 1. The van der Waals surface area contributed by atoms with Gasteiger partial charge in [0.15, 0.2) is 0 Å². The van der Waals surface area contributed by atoms with Crippen molar-refractivity contribution in [1.29, 1.82) is 0 Å². The van der Waals surface area contributed by atoms with E-state index in [1.165, 1.54) is 0 Å². The monoisotopic (exact) mass is 303 g/mol. The molecule has 2 atom stereocenters. The molecule has 0 aromatic heterocycles. The summed E-state index contributed by atoms with van der Waals surface area (Å²) in [4.78, 5) is 14.7. The van der Waals surface area contributed by atoms with Crippen molar-refractivity contribution in [1.82, 2.24) is 4.90 Å². The van der Waals surface area contributed by atoms with Crippen LogP contribution < -0.4 is 0 Å². The number of aliphatic hydroxyl groups excluding tert-OH is 1. The topological polar surface area (TPSA) is 40.5 Å². The molecule has 1 aromatic carbocycles. The van der Waals surface area contributed by atoms with Crippen LogP contribution in [0, 0.1) is 18.8 Å². The molecule has 0 aliphatic carbocycles. The van der Waals surface area contributed by atoms with Crippen LogP contribution in [0.5, 0.6) is 0 Å². The molecule has 1 aliphatic heterocycles. The number of hydrogen-bond acceptors (Lipinski definition) is 3. The van der Waals surface area contributed by atoms with E-state index in [1.807, 2.05) is 41.8 Å². The first-order valence-corrected chi connectivity index (χ1v) is 8.22. The average Bonchev–Trinajstić information content (AvgIpc) is 2.46. The molecule has 112 valence electrons. The summed E-state index contributed by atoms with van der Waals surface area (Å²) in [6, 6.07) is 5.89. The normalized spacial score (nSPS) is 21.6. The van der Waals surface area contributed by atoms with Gasteiger partial charge in [-0.3, -0.25) is 4.79 Å². The van der Waals surface area contributed by atoms with E-state index in [1.54, 1.807) is 0 Å². The summed E-state index contributed by atoms with van der Waals surface area (Å²) in [5.41, 5.74) is 2.47. The maximum atomic E-state index is 12.8. The maximum Gasteiger partial charge on any atom is 0.254 e. The molecule has 1 aromatic rings. The Morgan fingerprint density at radius 2 is 2.19 bits per heavy atom. The molecular formula is C17H21NO2S. The lowest BCUT2D eigenvalue weighted by Crippen LogP contribution is -2.48. The van der Waals surface area contributed by atoms with Crippen molar-refractivity contribution in [3.05, 3.63) is 34.9 Å². The Bertz CT molecular complexity index is 588. The van der Waals surface area contributed by atoms with Crippen LogP contribution in [0.25, 0.3) is 0 Å². The first-order valence-electron chi connectivity index (χ1n) is 7.17. The standard InChI is InChI=1S/C17H21NO2S/c1-12-9-15(5-4-7-19)11-16(10-12)17(20)18-6-8-21-14(3)13(18)2/h9-11,13-14,19H,6-8H2,1-3H3. The fourth-order valence-corrected chi connectivity index (χ4v) is 3.61. The van der Waals surface area contributed by atoms with Gasteiger partial charge in [-0.05, 0) is 37.6 Å². The van der Waals surface area contributed by atoms with Crippen molar-refractivity contribution >= 4 is 17.7 Å². The summed E-state index contributed by atoms with van der Waals surface area (Å²) in [7, 11) is 0. The van der Waals surface area contributed by atoms with Crippen molar-refractivity contribution in [3.8, 4) is 11.8 Å². The summed E-state index contributed by atoms with van der Waals surface area (Å²) in [6.45, 7) is 6.86. The highest BCUT2D eigenvalue weighted by atomic mass is 32.2. The van der Waals surface area contributed by atoms with Crippen LogP contribution >= 0.6 is 11.8 Å². The highest BCUT2D eigenvalue weighted by Crippen LogP contribution is 2.26. The van der Waals surface area contributed by atoms with Gasteiger partial charge >= 0.3 is 0 Å². The molecular weight excluding hydrogens is 282 g/mol. The van der Waals surface area contributed by atoms with Crippen molar-refractivity contribution in [2.24, 2.45) is 0 Å². The van der Waals surface area contributed by atoms with E-state index in [2.05, 4.69) is 25.7 Å². The van der Waals surface area contributed by atoms with Crippen molar-refractivity contribution in [2.45, 2.75) is 32.1 Å². The van der Waals surface area contributed by atoms with Crippen LogP contribution in [0.3, 0.4) is 0 Å². The van der Waals surface area contributed by atoms with E-state index >= 15 is 0 Å². The van der Waals surface area contributed by atoms with Crippen LogP contribution in [-0.4, -0.2) is 46.1 Å². The largest absolute Gasteiger partial charge is 0.384 e. The molecule has 1 amide bonds. The Morgan fingerprint density at radius 3 is 2.90 bits per heavy atom. The zero-order valence-corrected chi connectivity index (χ0v) is 13.5. The lowest BCUT2D eigenvalue weighted by molar-refractivity contribution is 0.0698. The van der Waals surface area contributed by atoms with Gasteiger partial charge in [0.2, 0.25) is 0 Å². The minimum Gasteiger partial charge on any atom is -0.384 e. The summed E-state index contributed by atoms with van der Waals surface area (Å²) < 4.78 is 0. The zero-order valence-electron chi connectivity index (χ0n) is 12.7. The Kier molecular flexibility index (Phi) is 5.33. The Labute approximate surface area is 130 Å². The number of benzene rings is 1. The van der Waals surface area contributed by atoms with E-state index < -0.39 is 0 Å². The van der Waals surface area contributed by atoms with Crippen molar-refractivity contribution in [3.63, 3.8) is 0 Å². The number of carbonyl (C=O) groups excluding carboxylic acids is 1. The lowest BCUT2D eigenvalue weighted by Gasteiger charge is -2.37. The van der Waals surface area contributed by atoms with Crippen LogP contribution in [-0.2, 0) is 0 Å². The van der Waals surface area contributed by atoms with Gasteiger partial charge in [0.25, 0.3) is 5.91 Å². The van der Waals surface area contributed by atoms with E-state index in [9.17, 15) is 4.79 Å². The molecule has 1 saturated heterocycles. The third kappa shape index (κ3) is 3.81. The fraction of sp³-hybridized carbons (Fsp3) is 0.471. The van der Waals surface area contributed by atoms with E-state index in [0.717, 1.165) is 23.4 Å². The first-order chi connectivity index (χ1) is 10.0. The van der Waals surface area contributed by atoms with E-state index in [0.29, 0.717) is 10.8 Å². The minimum atomic E-state index is -0.172. The van der Waals surface area contributed by atoms with Crippen molar-refractivity contribution < 1.29 is 9.90 Å². The molecule has 21 heavy (non-hydrogen) atoms. The van der Waals surface area contributed by atoms with Crippen LogP contribution in [0.1, 0.15) is 35.3 Å². The second-order valence-electron chi connectivity index (χ2n) is 5.36. The zero-order chi connectivity index (χ0) is 15.4. The predicted molar refractivity (Wildman–Crippen MR) is 87.6 cm³/mol. The third-order valence-electron chi connectivity index (χ3n) is 3.78. The van der Waals surface area contributed by atoms with Crippen molar-refractivity contribution in [2.75, 3.05) is 18.9 Å². The van der Waals surface area contributed by atoms with Gasteiger partial charge in [-0.25, -0.2) is 0 Å². The number of nitrogens with zero attached hydrogens (tertiary/aromatic N) is 1. The predicted octanol–water partition coefficient (Wildman–Crippen LogP) is 2.30. The second kappa shape index (κ2) is 7.02. The molecule has 0 bridgehead atoms. The lowest BCUT2D eigenvalue weighted by atomic mass is 10.0. The first kappa shape index (κ1) is 15.9. The van der Waals surface area contributed by atoms with Gasteiger partial charge in [0.1, 0.15) is 6.61 Å². The molecule has 0 radical (unpaired) electrons. The van der Waals surface area contributed by atoms with Crippen LogP contribution in [0.15, 0.2) is 18.2 Å². The molecule has 2 unspecified atom stereocenters. The quantitative estimate of drug-likeness (QED) is 0.809. The summed E-state index contributed by atoms with van der Waals surface area (Å²) in [6.07, 6.45) is 0. The van der Waals surface area contributed by atoms with Gasteiger partial charge in [0, 0.05) is 34.7 Å². The number of thioether (sulfide) groups is 1. The molecule has 1 N–H and O–H groups in total. The number of rotatable bonds is 1. The Hall–Kier alpha value is -1.44. The number of aliphatic hydroxyl groups is 1. The highest BCUT2D eigenvalue weighted by Gasteiger charge is 2.29. The molecule has 4 heteroatoms. The smallest absolute Gasteiger partial charge is 0.254 e. The molecule has 1 aliphatic rings. The molecule has 3 nitrogen and oxygen atoms in total. The maximum absolute atomic E-state index is 12.8. The van der Waals surface area contributed by atoms with E-state index in [-0.39, 0.29) is 18.6 Å². The minimum absolute atomic E-state index is 0.0744. The molecule has 1 heterocycles. The number of carbonyl (C=O) groups is 1.